The Bertz CT molecular complexity index is 33.5. The fraction of sp³-hybridized carbons (Fsp3) is 0.625. The summed E-state index contributed by atoms with van der Waals surface area (Å²) in [6, 6.07) is 0. The zero-order valence-electron chi connectivity index (χ0n) is 6.69. The molecule has 50 valence electrons. The van der Waals surface area contributed by atoms with Gasteiger partial charge in [0.1, 0.15) is 0 Å². The van der Waals surface area contributed by atoms with Gasteiger partial charge in [0, 0.05) is 0 Å². The first kappa shape index (κ1) is 16.2. The summed E-state index contributed by atoms with van der Waals surface area (Å²) in [6.07, 6.45) is 5.25. The van der Waals surface area contributed by atoms with Gasteiger partial charge in [-0.3, -0.25) is 6.08 Å². The van der Waals surface area contributed by atoms with Crippen molar-refractivity contribution in [1.29, 1.82) is 0 Å². The molecule has 9 heavy (non-hydrogen) atoms. The van der Waals surface area contributed by atoms with Crippen molar-refractivity contribution in [1.82, 2.24) is 0 Å². The normalized spacial score (nSPS) is 6.11. The Labute approximate surface area is 72.5 Å². The summed E-state index contributed by atoms with van der Waals surface area (Å²) in [4.78, 5) is 0. The number of hydrogen-bond acceptors (Lipinski definition) is 0. The molecular formula is C8H16Zn. The van der Waals surface area contributed by atoms with Gasteiger partial charge in [0.25, 0.3) is 0 Å². The summed E-state index contributed by atoms with van der Waals surface area (Å²) in [5.41, 5.74) is 0. The van der Waals surface area contributed by atoms with E-state index in [1.54, 1.807) is 13.0 Å². The molecule has 0 nitrogen and oxygen atoms in total. The molecule has 0 aliphatic rings. The molecule has 0 aliphatic heterocycles. The first-order valence-electron chi connectivity index (χ1n) is 3.16. The van der Waals surface area contributed by atoms with Crippen molar-refractivity contribution < 1.29 is 19.5 Å². The minimum atomic E-state index is 0. The molecular weight excluding hydrogens is 161 g/mol. The van der Waals surface area contributed by atoms with Crippen molar-refractivity contribution in [3.8, 4) is 0 Å². The van der Waals surface area contributed by atoms with Crippen LogP contribution in [0.5, 0.6) is 0 Å². The second-order valence-corrected chi connectivity index (χ2v) is 1.38. The van der Waals surface area contributed by atoms with E-state index in [2.05, 4.69) is 13.8 Å². The molecule has 0 rings (SSSR count). The van der Waals surface area contributed by atoms with Crippen LogP contribution in [0, 0.1) is 13.5 Å². The van der Waals surface area contributed by atoms with Gasteiger partial charge in [-0.25, -0.2) is 0 Å². The minimum Gasteiger partial charge on any atom is -0.518 e. The molecule has 0 unspecified atom stereocenters. The molecule has 0 aromatic carbocycles. The average Bonchev–Trinajstić information content (AvgIpc) is 1.88. The predicted molar refractivity (Wildman–Crippen MR) is 39.4 cm³/mol. The van der Waals surface area contributed by atoms with Gasteiger partial charge in [0.05, 0.1) is 0 Å². The zero-order valence-corrected chi connectivity index (χ0v) is 9.66. The predicted octanol–water partition coefficient (Wildman–Crippen LogP) is 3.00. The van der Waals surface area contributed by atoms with Gasteiger partial charge in [0.2, 0.25) is 0 Å². The quantitative estimate of drug-likeness (QED) is 0.353. The minimum absolute atomic E-state index is 0. The molecule has 0 heterocycles. The molecule has 0 amide bonds. The summed E-state index contributed by atoms with van der Waals surface area (Å²) in [7, 11) is 0. The van der Waals surface area contributed by atoms with Crippen molar-refractivity contribution in [2.24, 2.45) is 0 Å². The monoisotopic (exact) mass is 176 g/mol. The molecule has 0 atom stereocenters. The average molecular weight is 178 g/mol. The molecule has 0 radical (unpaired) electrons. The molecule has 1 heteroatoms. The maximum Gasteiger partial charge on any atom is 2.00 e. The van der Waals surface area contributed by atoms with E-state index in [1.807, 2.05) is 0 Å². The van der Waals surface area contributed by atoms with Gasteiger partial charge >= 0.3 is 19.5 Å². The van der Waals surface area contributed by atoms with Crippen molar-refractivity contribution >= 4 is 0 Å². The first-order chi connectivity index (χ1) is 3.91. The van der Waals surface area contributed by atoms with Gasteiger partial charge in [-0.2, -0.15) is 6.92 Å². The fourth-order valence-corrected chi connectivity index (χ4v) is 0.322. The molecule has 0 fully saturated rings. The van der Waals surface area contributed by atoms with Gasteiger partial charge in [0.15, 0.2) is 0 Å². The topological polar surface area (TPSA) is 0 Å². The molecule has 0 bridgehead atoms. The summed E-state index contributed by atoms with van der Waals surface area (Å²) in [6.45, 7) is 12.2. The van der Waals surface area contributed by atoms with Crippen LogP contribution in [-0.2, 0) is 19.5 Å². The Morgan fingerprint density at radius 2 is 1.89 bits per heavy atom. The second-order valence-electron chi connectivity index (χ2n) is 1.38. The Morgan fingerprint density at radius 3 is 2.00 bits per heavy atom. The third-order valence-corrected chi connectivity index (χ3v) is 0.724. The van der Waals surface area contributed by atoms with Crippen LogP contribution in [0.4, 0.5) is 0 Å². The molecule has 0 aliphatic carbocycles. The maximum atomic E-state index is 5.09. The standard InChI is InChI=1S/C6H11.C2H5.Zn/c1-3-5-6-4-2;1-2;/h1,3H,4-6H2,2H3;1H2,2H3;/q2*-1;+2. The van der Waals surface area contributed by atoms with E-state index in [0.29, 0.717) is 0 Å². The van der Waals surface area contributed by atoms with Crippen molar-refractivity contribution in [2.45, 2.75) is 33.1 Å². The summed E-state index contributed by atoms with van der Waals surface area (Å²) in [5, 5.41) is 0. The number of hydrogen-bond donors (Lipinski definition) is 0. The smallest absolute Gasteiger partial charge is 0.518 e. The molecule has 0 aromatic rings. The Kier molecular flexibility index (Phi) is 42.8. The van der Waals surface area contributed by atoms with Gasteiger partial charge in [-0.1, -0.05) is 26.2 Å². The number of allylic oxidation sites excluding steroid dienone is 1. The molecule has 0 aromatic heterocycles. The van der Waals surface area contributed by atoms with Crippen LogP contribution >= 0.6 is 0 Å². The van der Waals surface area contributed by atoms with Crippen molar-refractivity contribution in [2.75, 3.05) is 0 Å². The van der Waals surface area contributed by atoms with Crippen LogP contribution in [0.1, 0.15) is 33.1 Å². The van der Waals surface area contributed by atoms with Crippen LogP contribution < -0.4 is 0 Å². The Hall–Kier alpha value is 0.363. The Morgan fingerprint density at radius 1 is 1.44 bits per heavy atom. The van der Waals surface area contributed by atoms with Crippen LogP contribution in [0.3, 0.4) is 0 Å². The summed E-state index contributed by atoms with van der Waals surface area (Å²) < 4.78 is 0. The molecule has 0 spiro atoms. The van der Waals surface area contributed by atoms with Crippen LogP contribution in [-0.4, -0.2) is 0 Å². The van der Waals surface area contributed by atoms with Crippen LogP contribution in [0.2, 0.25) is 0 Å². The van der Waals surface area contributed by atoms with E-state index < -0.39 is 0 Å². The van der Waals surface area contributed by atoms with Gasteiger partial charge in [-0.15, -0.1) is 0 Å². The van der Waals surface area contributed by atoms with Gasteiger partial charge < -0.3 is 13.5 Å². The maximum absolute atomic E-state index is 5.09. The second kappa shape index (κ2) is 23.8. The van der Waals surface area contributed by atoms with E-state index in [1.165, 1.54) is 12.8 Å². The zero-order chi connectivity index (χ0) is 6.83. The van der Waals surface area contributed by atoms with E-state index in [0.717, 1.165) is 6.42 Å². The van der Waals surface area contributed by atoms with Crippen LogP contribution in [0.15, 0.2) is 6.08 Å². The molecule has 0 saturated carbocycles. The third kappa shape index (κ3) is 29.9. The van der Waals surface area contributed by atoms with Crippen molar-refractivity contribution in [3.05, 3.63) is 19.6 Å². The van der Waals surface area contributed by atoms with Crippen LogP contribution in [0.25, 0.3) is 0 Å². The van der Waals surface area contributed by atoms with Crippen molar-refractivity contribution in [3.63, 3.8) is 0 Å². The summed E-state index contributed by atoms with van der Waals surface area (Å²) >= 11 is 0. The van der Waals surface area contributed by atoms with E-state index in [-0.39, 0.29) is 19.5 Å². The van der Waals surface area contributed by atoms with E-state index in [4.69, 9.17) is 6.58 Å². The molecule has 0 saturated heterocycles. The third-order valence-electron chi connectivity index (χ3n) is 0.724. The SMILES string of the molecule is [CH-]=CCCCC.[CH2-]C.[Zn+2]. The fourth-order valence-electron chi connectivity index (χ4n) is 0.322. The van der Waals surface area contributed by atoms with Gasteiger partial charge in [-0.05, 0) is 0 Å². The molecule has 0 N–H and O–H groups in total. The largest absolute Gasteiger partial charge is 2.00 e. The number of rotatable bonds is 3. The Balaban J connectivity index is -0.000000109. The first-order valence-corrected chi connectivity index (χ1v) is 3.16. The number of unbranched alkanes of at least 4 members (excludes halogenated alkanes) is 2. The summed E-state index contributed by atoms with van der Waals surface area (Å²) in [5.74, 6) is 0. The van der Waals surface area contributed by atoms with E-state index in [9.17, 15) is 0 Å². The van der Waals surface area contributed by atoms with E-state index >= 15 is 0 Å².